The molecule has 0 saturated heterocycles. The molecule has 30 heavy (non-hydrogen) atoms. The van der Waals surface area contributed by atoms with Crippen LogP contribution in [0.15, 0.2) is 54.7 Å². The highest BCUT2D eigenvalue weighted by Crippen LogP contribution is 2.48. The molecule has 0 aromatic heterocycles. The molecule has 1 aliphatic rings. The fraction of sp³-hybridized carbons (Fsp3) is 0.200. The molecule has 0 atom stereocenters. The molecule has 2 amide bonds. The number of carbonyl (C=O) groups excluding carboxylic acids is 2. The summed E-state index contributed by atoms with van der Waals surface area (Å²) in [5.41, 5.74) is 2.43. The second-order valence-corrected chi connectivity index (χ2v) is 7.32. The Labute approximate surface area is 182 Å². The fourth-order valence-electron chi connectivity index (χ4n) is 2.40. The van der Waals surface area contributed by atoms with Crippen LogP contribution in [0.25, 0.3) is 0 Å². The molecule has 3 rings (SSSR count). The monoisotopic (exact) mass is 451 g/mol. The summed E-state index contributed by atoms with van der Waals surface area (Å²) in [6.07, 6.45) is 0.357. The van der Waals surface area contributed by atoms with Gasteiger partial charge in [-0.25, -0.2) is 9.45 Å². The summed E-state index contributed by atoms with van der Waals surface area (Å²) in [6.45, 7) is 3.76. The summed E-state index contributed by atoms with van der Waals surface area (Å²) < 4.78 is 23.9. The Morgan fingerprint density at radius 2 is 1.90 bits per heavy atom. The van der Waals surface area contributed by atoms with Crippen LogP contribution in [0.1, 0.15) is 6.42 Å². The third-order valence-corrected chi connectivity index (χ3v) is 4.85. The highest BCUT2D eigenvalue weighted by Gasteiger charge is 2.30. The average molecular weight is 452 g/mol. The van der Waals surface area contributed by atoms with E-state index in [1.165, 1.54) is 12.1 Å². The van der Waals surface area contributed by atoms with E-state index in [9.17, 15) is 14.0 Å². The molecular formula is C20H19ClFN3O4S. The second kappa shape index (κ2) is 10.3. The zero-order chi connectivity index (χ0) is 21.5. The standard InChI is InChI=1S/C20H19ClFN3O4S/c1-13(24-20(27)12-30-29-25-17-4-2-3-5-18(17)25)8-9-23-19(26)11-28-14-6-7-15(21)16(22)10-14/h2-7,10H,1,8-9,11-12H2,(H,23,26)(H,24,27). The number of para-hydroxylation sites is 2. The average Bonchev–Trinajstić information content (AvgIpc) is 3.42. The first-order chi connectivity index (χ1) is 14.4. The van der Waals surface area contributed by atoms with Gasteiger partial charge >= 0.3 is 0 Å². The second-order valence-electron chi connectivity index (χ2n) is 6.24. The lowest BCUT2D eigenvalue weighted by Gasteiger charge is -2.10. The van der Waals surface area contributed by atoms with Gasteiger partial charge < -0.3 is 15.4 Å². The number of amides is 2. The lowest BCUT2D eigenvalue weighted by molar-refractivity contribution is -0.123. The summed E-state index contributed by atoms with van der Waals surface area (Å²) in [4.78, 5) is 23.7. The number of hydrogen-bond donors (Lipinski definition) is 2. The quantitative estimate of drug-likeness (QED) is 0.400. The fourth-order valence-corrected chi connectivity index (χ4v) is 3.02. The molecule has 1 aliphatic heterocycles. The van der Waals surface area contributed by atoms with E-state index in [1.54, 1.807) is 5.06 Å². The summed E-state index contributed by atoms with van der Waals surface area (Å²) in [7, 11) is 0. The molecule has 0 unspecified atom stereocenters. The number of carbonyl (C=O) groups is 2. The highest BCUT2D eigenvalue weighted by atomic mass is 35.5. The third-order valence-electron chi connectivity index (χ3n) is 3.91. The van der Waals surface area contributed by atoms with E-state index in [0.29, 0.717) is 12.1 Å². The molecule has 2 aromatic rings. The minimum absolute atomic E-state index is 0.0209. The smallest absolute Gasteiger partial charge is 0.257 e. The van der Waals surface area contributed by atoms with Gasteiger partial charge in [-0.3, -0.25) is 9.59 Å². The Hall–Kier alpha value is -2.75. The Bertz CT molecular complexity index is 936. The largest absolute Gasteiger partial charge is 0.484 e. The number of halogens is 2. The summed E-state index contributed by atoms with van der Waals surface area (Å²) in [6, 6.07) is 11.6. The first-order valence-corrected chi connectivity index (χ1v) is 10.2. The van der Waals surface area contributed by atoms with Crippen LogP contribution in [-0.4, -0.2) is 30.7 Å². The van der Waals surface area contributed by atoms with Crippen molar-refractivity contribution < 1.29 is 23.0 Å². The van der Waals surface area contributed by atoms with E-state index < -0.39 is 5.82 Å². The van der Waals surface area contributed by atoms with Crippen molar-refractivity contribution in [3.63, 3.8) is 0 Å². The highest BCUT2D eigenvalue weighted by molar-refractivity contribution is 7.95. The van der Waals surface area contributed by atoms with E-state index in [-0.39, 0.29) is 41.5 Å². The number of nitrogens with zero attached hydrogens (tertiary/aromatic N) is 1. The van der Waals surface area contributed by atoms with E-state index in [0.717, 1.165) is 29.5 Å². The molecule has 7 nitrogen and oxygen atoms in total. The maximum Gasteiger partial charge on any atom is 0.257 e. The van der Waals surface area contributed by atoms with Crippen LogP contribution < -0.4 is 20.4 Å². The van der Waals surface area contributed by atoms with Crippen LogP contribution >= 0.6 is 23.6 Å². The zero-order valence-electron chi connectivity index (χ0n) is 15.8. The normalized spacial score (nSPS) is 11.5. The van der Waals surface area contributed by atoms with Crippen LogP contribution in [0.5, 0.6) is 5.75 Å². The van der Waals surface area contributed by atoms with Crippen LogP contribution in [-0.2, 0) is 13.9 Å². The summed E-state index contributed by atoms with van der Waals surface area (Å²) >= 11 is 6.60. The van der Waals surface area contributed by atoms with Gasteiger partial charge in [0.2, 0.25) is 5.91 Å². The van der Waals surface area contributed by atoms with Crippen LogP contribution in [0.4, 0.5) is 15.8 Å². The Balaban J connectivity index is 1.24. The number of ether oxygens (including phenoxy) is 1. The molecule has 2 N–H and O–H groups in total. The van der Waals surface area contributed by atoms with Crippen LogP contribution in [0.3, 0.4) is 0 Å². The Kier molecular flexibility index (Phi) is 7.56. The molecule has 0 radical (unpaired) electrons. The van der Waals surface area contributed by atoms with Gasteiger partial charge in [-0.1, -0.05) is 30.3 Å². The van der Waals surface area contributed by atoms with E-state index in [4.69, 9.17) is 20.6 Å². The van der Waals surface area contributed by atoms with Gasteiger partial charge in [0.1, 0.15) is 17.3 Å². The van der Waals surface area contributed by atoms with Crippen molar-refractivity contribution in [1.82, 2.24) is 10.6 Å². The maximum absolute atomic E-state index is 13.3. The van der Waals surface area contributed by atoms with Gasteiger partial charge in [0.05, 0.1) is 16.4 Å². The first-order valence-electron chi connectivity index (χ1n) is 8.95. The summed E-state index contributed by atoms with van der Waals surface area (Å²) in [5.74, 6) is -0.957. The molecular weight excluding hydrogens is 433 g/mol. The van der Waals surface area contributed by atoms with Crippen molar-refractivity contribution in [2.75, 3.05) is 24.0 Å². The van der Waals surface area contributed by atoms with E-state index in [2.05, 4.69) is 17.2 Å². The van der Waals surface area contributed by atoms with Crippen LogP contribution in [0.2, 0.25) is 5.02 Å². The van der Waals surface area contributed by atoms with Crippen LogP contribution in [0, 0.1) is 5.82 Å². The third kappa shape index (κ3) is 6.38. The van der Waals surface area contributed by atoms with Crippen molar-refractivity contribution >= 4 is 46.8 Å². The van der Waals surface area contributed by atoms with Crippen molar-refractivity contribution in [3.8, 4) is 5.75 Å². The van der Waals surface area contributed by atoms with Crippen molar-refractivity contribution in [1.29, 1.82) is 0 Å². The zero-order valence-corrected chi connectivity index (χ0v) is 17.4. The predicted molar refractivity (Wildman–Crippen MR) is 114 cm³/mol. The van der Waals surface area contributed by atoms with Gasteiger partial charge in [-0.15, -0.1) is 0 Å². The van der Waals surface area contributed by atoms with Gasteiger partial charge in [-0.2, -0.15) is 4.28 Å². The lowest BCUT2D eigenvalue weighted by Crippen LogP contribution is -2.32. The molecule has 0 spiro atoms. The van der Waals surface area contributed by atoms with E-state index >= 15 is 0 Å². The van der Waals surface area contributed by atoms with Gasteiger partial charge in [-0.05, 0) is 24.3 Å². The Morgan fingerprint density at radius 1 is 1.17 bits per heavy atom. The van der Waals surface area contributed by atoms with Gasteiger partial charge in [0.15, 0.2) is 6.61 Å². The number of anilines is 2. The number of nitrogens with one attached hydrogen (secondary N) is 2. The molecule has 0 saturated carbocycles. The minimum Gasteiger partial charge on any atom is -0.484 e. The lowest BCUT2D eigenvalue weighted by atomic mass is 10.3. The number of benzene rings is 2. The van der Waals surface area contributed by atoms with Gasteiger partial charge in [0.25, 0.3) is 5.91 Å². The molecule has 158 valence electrons. The maximum atomic E-state index is 13.3. The van der Waals surface area contributed by atoms with Crippen molar-refractivity contribution in [3.05, 3.63) is 65.6 Å². The molecule has 0 aliphatic carbocycles. The number of fused-ring (bicyclic) bond motifs is 1. The SMILES string of the molecule is C=C(CCNC(=O)COc1ccc(Cl)c(F)c1)NC(=O)CSON1c2ccccc21. The van der Waals surface area contributed by atoms with E-state index in [1.807, 2.05) is 24.3 Å². The van der Waals surface area contributed by atoms with Crippen molar-refractivity contribution in [2.24, 2.45) is 0 Å². The molecule has 1 heterocycles. The number of hydrogen-bond acceptors (Lipinski definition) is 6. The molecule has 10 heteroatoms. The molecule has 0 bridgehead atoms. The first kappa shape index (κ1) is 21.9. The van der Waals surface area contributed by atoms with Gasteiger partial charge in [0, 0.05) is 36.8 Å². The summed E-state index contributed by atoms with van der Waals surface area (Å²) in [5, 5.41) is 6.90. The Morgan fingerprint density at radius 3 is 2.60 bits per heavy atom. The molecule has 0 fully saturated rings. The minimum atomic E-state index is -0.621. The topological polar surface area (TPSA) is 79.7 Å². The number of rotatable bonds is 11. The predicted octanol–water partition coefficient (Wildman–Crippen LogP) is 3.73. The molecule has 2 aromatic carbocycles. The van der Waals surface area contributed by atoms with Crippen molar-refractivity contribution in [2.45, 2.75) is 6.42 Å².